The lowest BCUT2D eigenvalue weighted by Gasteiger charge is -2.13. The van der Waals surface area contributed by atoms with E-state index in [9.17, 15) is 13.6 Å². The second-order valence-corrected chi connectivity index (χ2v) is 5.64. The fraction of sp³-hybridized carbons (Fsp3) is 0.556. The second-order valence-electron chi connectivity index (χ2n) is 5.64. The molecule has 1 rings (SSSR count). The minimum Gasteiger partial charge on any atom is -0.469 e. The second kappa shape index (κ2) is 12.1. The molecule has 0 aromatic heterocycles. The van der Waals surface area contributed by atoms with Crippen LogP contribution in [-0.2, 0) is 16.1 Å². The number of carbonyl (C=O) groups is 1. The molecule has 1 aromatic rings. The summed E-state index contributed by atoms with van der Waals surface area (Å²) in [5, 5.41) is 6.25. The van der Waals surface area contributed by atoms with Crippen molar-refractivity contribution >= 4 is 11.9 Å². The Balaban J connectivity index is 2.62. The minimum absolute atomic E-state index is 0.128. The number of methoxy groups -OCH3 is 1. The molecule has 0 amide bonds. The number of aliphatic imine (C=N–C) groups is 1. The molecule has 0 fully saturated rings. The molecule has 0 radical (unpaired) electrons. The van der Waals surface area contributed by atoms with E-state index >= 15 is 0 Å². The van der Waals surface area contributed by atoms with Crippen LogP contribution in [-0.4, -0.2) is 38.7 Å². The van der Waals surface area contributed by atoms with Crippen LogP contribution in [0.15, 0.2) is 23.2 Å². The Morgan fingerprint density at radius 1 is 1.27 bits per heavy atom. The van der Waals surface area contributed by atoms with Gasteiger partial charge in [0.1, 0.15) is 5.75 Å². The van der Waals surface area contributed by atoms with E-state index in [1.807, 2.05) is 13.8 Å². The number of carbonyl (C=O) groups excluding carboxylic acids is 1. The summed E-state index contributed by atoms with van der Waals surface area (Å²) in [7, 11) is 1.37. The summed E-state index contributed by atoms with van der Waals surface area (Å²) in [6.07, 6.45) is 1.87. The molecule has 1 aromatic carbocycles. The average Bonchev–Trinajstić information content (AvgIpc) is 2.60. The first-order chi connectivity index (χ1) is 12.5. The molecule has 6 nitrogen and oxygen atoms in total. The minimum atomic E-state index is -2.87. The zero-order valence-electron chi connectivity index (χ0n) is 15.5. The summed E-state index contributed by atoms with van der Waals surface area (Å²) in [5.41, 5.74) is 1.53. The van der Waals surface area contributed by atoms with Crippen molar-refractivity contribution in [2.24, 2.45) is 4.99 Å². The lowest BCUT2D eigenvalue weighted by atomic mass is 10.1. The molecule has 0 saturated carbocycles. The molecule has 8 heteroatoms. The van der Waals surface area contributed by atoms with Crippen LogP contribution in [0.1, 0.15) is 37.3 Å². The fourth-order valence-corrected chi connectivity index (χ4v) is 2.25. The van der Waals surface area contributed by atoms with Crippen molar-refractivity contribution in [3.8, 4) is 5.75 Å². The normalized spacial score (nSPS) is 11.4. The lowest BCUT2D eigenvalue weighted by molar-refractivity contribution is -0.140. The fourth-order valence-electron chi connectivity index (χ4n) is 2.25. The Kier molecular flexibility index (Phi) is 10.0. The van der Waals surface area contributed by atoms with Crippen LogP contribution in [0.4, 0.5) is 8.78 Å². The number of benzene rings is 1. The van der Waals surface area contributed by atoms with Crippen molar-refractivity contribution in [3.63, 3.8) is 0 Å². The van der Waals surface area contributed by atoms with Crippen molar-refractivity contribution in [3.05, 3.63) is 29.3 Å². The van der Waals surface area contributed by atoms with Gasteiger partial charge in [-0.2, -0.15) is 8.78 Å². The van der Waals surface area contributed by atoms with Gasteiger partial charge in [0, 0.05) is 25.1 Å². The molecule has 0 unspecified atom stereocenters. The first-order valence-corrected chi connectivity index (χ1v) is 8.59. The van der Waals surface area contributed by atoms with E-state index in [-0.39, 0.29) is 18.3 Å². The van der Waals surface area contributed by atoms with Crippen molar-refractivity contribution in [2.45, 2.75) is 46.3 Å². The van der Waals surface area contributed by atoms with E-state index < -0.39 is 6.61 Å². The SMILES string of the molecule is CCNC(=NCc1cc(C)ccc1OC(F)F)NCCCCC(=O)OC. The summed E-state index contributed by atoms with van der Waals surface area (Å²) in [6, 6.07) is 5.02. The van der Waals surface area contributed by atoms with E-state index in [2.05, 4.69) is 25.1 Å². The van der Waals surface area contributed by atoms with Gasteiger partial charge < -0.3 is 20.1 Å². The number of rotatable bonds is 10. The number of unbranched alkanes of at least 4 members (excludes halogenated alkanes) is 1. The van der Waals surface area contributed by atoms with Crippen LogP contribution in [0.3, 0.4) is 0 Å². The molecule has 2 N–H and O–H groups in total. The summed E-state index contributed by atoms with van der Waals surface area (Å²) >= 11 is 0. The van der Waals surface area contributed by atoms with E-state index in [1.54, 1.807) is 12.1 Å². The average molecular weight is 371 g/mol. The van der Waals surface area contributed by atoms with Gasteiger partial charge in [-0.3, -0.25) is 4.79 Å². The number of guanidine groups is 1. The Morgan fingerprint density at radius 3 is 2.69 bits per heavy atom. The maximum atomic E-state index is 12.5. The Hall–Kier alpha value is -2.38. The molecular formula is C18H27F2N3O3. The highest BCUT2D eigenvalue weighted by molar-refractivity contribution is 5.79. The summed E-state index contributed by atoms with van der Waals surface area (Å²) in [4.78, 5) is 15.5. The van der Waals surface area contributed by atoms with Gasteiger partial charge in [-0.05, 0) is 32.8 Å². The van der Waals surface area contributed by atoms with Crippen molar-refractivity contribution in [1.82, 2.24) is 10.6 Å². The highest BCUT2D eigenvalue weighted by Crippen LogP contribution is 2.22. The van der Waals surface area contributed by atoms with Crippen molar-refractivity contribution in [2.75, 3.05) is 20.2 Å². The molecule has 0 heterocycles. The van der Waals surface area contributed by atoms with Crippen LogP contribution >= 0.6 is 0 Å². The number of ether oxygens (including phenoxy) is 2. The molecule has 26 heavy (non-hydrogen) atoms. The van der Waals surface area contributed by atoms with Gasteiger partial charge in [0.25, 0.3) is 0 Å². The largest absolute Gasteiger partial charge is 0.469 e. The van der Waals surface area contributed by atoms with Gasteiger partial charge >= 0.3 is 12.6 Å². The van der Waals surface area contributed by atoms with Gasteiger partial charge in [-0.15, -0.1) is 0 Å². The number of alkyl halides is 2. The topological polar surface area (TPSA) is 72.0 Å². The molecule has 0 atom stereocenters. The predicted molar refractivity (Wildman–Crippen MR) is 96.5 cm³/mol. The molecule has 0 saturated heterocycles. The molecule has 0 bridgehead atoms. The molecule has 0 aliphatic carbocycles. The van der Waals surface area contributed by atoms with Gasteiger partial charge in [-0.1, -0.05) is 17.7 Å². The number of halogens is 2. The van der Waals surface area contributed by atoms with Gasteiger partial charge in [-0.25, -0.2) is 4.99 Å². The number of nitrogens with zero attached hydrogens (tertiary/aromatic N) is 1. The van der Waals surface area contributed by atoms with Gasteiger partial charge in [0.05, 0.1) is 13.7 Å². The van der Waals surface area contributed by atoms with Crippen LogP contribution in [0.2, 0.25) is 0 Å². The summed E-state index contributed by atoms with van der Waals surface area (Å²) in [5.74, 6) is 0.481. The smallest absolute Gasteiger partial charge is 0.387 e. The van der Waals surface area contributed by atoms with Crippen molar-refractivity contribution < 1.29 is 23.0 Å². The number of nitrogens with one attached hydrogen (secondary N) is 2. The highest BCUT2D eigenvalue weighted by Gasteiger charge is 2.10. The van der Waals surface area contributed by atoms with Gasteiger partial charge in [0.15, 0.2) is 5.96 Å². The zero-order chi connectivity index (χ0) is 19.4. The standard InChI is InChI=1S/C18H27F2N3O3/c1-4-21-18(22-10-6-5-7-16(24)25-3)23-12-14-11-13(2)8-9-15(14)26-17(19)20/h8-9,11,17H,4-7,10,12H2,1-3H3,(H2,21,22,23). The summed E-state index contributed by atoms with van der Waals surface area (Å²) < 4.78 is 34.2. The van der Waals surface area contributed by atoms with Crippen LogP contribution in [0.25, 0.3) is 0 Å². The third kappa shape index (κ3) is 8.64. The maximum Gasteiger partial charge on any atom is 0.387 e. The Morgan fingerprint density at radius 2 is 2.04 bits per heavy atom. The molecular weight excluding hydrogens is 344 g/mol. The first-order valence-electron chi connectivity index (χ1n) is 8.59. The zero-order valence-corrected chi connectivity index (χ0v) is 15.5. The van der Waals surface area contributed by atoms with Crippen LogP contribution in [0.5, 0.6) is 5.75 Å². The van der Waals surface area contributed by atoms with Gasteiger partial charge in [0.2, 0.25) is 0 Å². The Labute approximate surface area is 153 Å². The van der Waals surface area contributed by atoms with E-state index in [0.717, 1.165) is 12.0 Å². The first kappa shape index (κ1) is 21.7. The predicted octanol–water partition coefficient (Wildman–Crippen LogP) is 2.99. The van der Waals surface area contributed by atoms with Crippen LogP contribution in [0, 0.1) is 6.92 Å². The number of hydrogen-bond acceptors (Lipinski definition) is 4. The molecule has 0 aliphatic heterocycles. The van der Waals surface area contributed by atoms with Crippen molar-refractivity contribution in [1.29, 1.82) is 0 Å². The molecule has 146 valence electrons. The lowest BCUT2D eigenvalue weighted by Crippen LogP contribution is -2.37. The van der Waals surface area contributed by atoms with E-state index in [4.69, 9.17) is 0 Å². The maximum absolute atomic E-state index is 12.5. The molecule has 0 aliphatic rings. The van der Waals surface area contributed by atoms with E-state index in [0.29, 0.717) is 37.5 Å². The summed E-state index contributed by atoms with van der Waals surface area (Å²) in [6.45, 7) is 2.46. The third-order valence-electron chi connectivity index (χ3n) is 3.51. The monoisotopic (exact) mass is 371 g/mol. The van der Waals surface area contributed by atoms with Crippen LogP contribution < -0.4 is 15.4 Å². The number of aryl methyl sites for hydroxylation is 1. The third-order valence-corrected chi connectivity index (χ3v) is 3.51. The highest BCUT2D eigenvalue weighted by atomic mass is 19.3. The molecule has 0 spiro atoms. The number of esters is 1. The number of hydrogen-bond donors (Lipinski definition) is 2. The quantitative estimate of drug-likeness (QED) is 0.286. The van der Waals surface area contributed by atoms with E-state index in [1.165, 1.54) is 13.2 Å². The Bertz CT molecular complexity index is 595.